The van der Waals surface area contributed by atoms with Gasteiger partial charge in [-0.2, -0.15) is 0 Å². The molecule has 0 aromatic carbocycles. The summed E-state index contributed by atoms with van der Waals surface area (Å²) in [6.45, 7) is 2.85. The third kappa shape index (κ3) is 3.61. The Labute approximate surface area is 118 Å². The molecule has 2 heterocycles. The van der Waals surface area contributed by atoms with E-state index in [-0.39, 0.29) is 6.10 Å². The minimum atomic E-state index is -0.370. The van der Waals surface area contributed by atoms with Crippen molar-refractivity contribution in [2.45, 2.75) is 19.6 Å². The fraction of sp³-hybridized carbons (Fsp3) is 0.455. The fourth-order valence-electron chi connectivity index (χ4n) is 1.59. The van der Waals surface area contributed by atoms with Crippen molar-refractivity contribution in [1.29, 1.82) is 0 Å². The Bertz CT molecular complexity index is 512. The van der Waals surface area contributed by atoms with E-state index in [4.69, 9.17) is 4.42 Å². The third-order valence-corrected chi connectivity index (χ3v) is 3.84. The van der Waals surface area contributed by atoms with Crippen LogP contribution in [0.15, 0.2) is 20.3 Å². The van der Waals surface area contributed by atoms with Gasteiger partial charge in [-0.1, -0.05) is 0 Å². The van der Waals surface area contributed by atoms with Crippen LogP contribution in [0.5, 0.6) is 0 Å². The molecule has 0 aliphatic carbocycles. The molecule has 5 nitrogen and oxygen atoms in total. The first kappa shape index (κ1) is 13.7. The van der Waals surface area contributed by atoms with E-state index in [1.807, 2.05) is 24.1 Å². The minimum absolute atomic E-state index is 0.370. The molecule has 1 N–H and O–H groups in total. The van der Waals surface area contributed by atoms with E-state index in [9.17, 15) is 5.11 Å². The van der Waals surface area contributed by atoms with Crippen LogP contribution >= 0.6 is 27.3 Å². The monoisotopic (exact) mass is 331 g/mol. The summed E-state index contributed by atoms with van der Waals surface area (Å²) >= 11 is 4.95. The van der Waals surface area contributed by atoms with Gasteiger partial charge < -0.3 is 9.52 Å². The van der Waals surface area contributed by atoms with E-state index in [1.54, 1.807) is 18.3 Å². The summed E-state index contributed by atoms with van der Waals surface area (Å²) in [6, 6.07) is 3.88. The second-order valence-electron chi connectivity index (χ2n) is 4.15. The van der Waals surface area contributed by atoms with Crippen LogP contribution in [0.2, 0.25) is 0 Å². The first-order chi connectivity index (χ1) is 8.54. The van der Waals surface area contributed by atoms with Crippen molar-refractivity contribution >= 4 is 27.3 Å². The third-order valence-electron chi connectivity index (χ3n) is 2.23. The number of aliphatic hydroxyl groups is 1. The number of nitrogens with zero attached hydrogens (tertiary/aromatic N) is 3. The van der Waals surface area contributed by atoms with E-state index in [2.05, 4.69) is 26.1 Å². The lowest BCUT2D eigenvalue weighted by molar-refractivity contribution is 0.133. The first-order valence-corrected chi connectivity index (χ1v) is 7.10. The molecule has 0 radical (unpaired) electrons. The van der Waals surface area contributed by atoms with Crippen LogP contribution in [0.25, 0.3) is 10.8 Å². The Balaban J connectivity index is 2.02. The van der Waals surface area contributed by atoms with Gasteiger partial charge in [0.2, 0.25) is 5.89 Å². The van der Waals surface area contributed by atoms with Crippen molar-refractivity contribution in [1.82, 2.24) is 15.1 Å². The molecule has 18 heavy (non-hydrogen) atoms. The van der Waals surface area contributed by atoms with Crippen LogP contribution in [0.3, 0.4) is 0 Å². The summed E-state index contributed by atoms with van der Waals surface area (Å²) in [5, 5.41) is 17.3. The average molecular weight is 332 g/mol. The highest BCUT2D eigenvalue weighted by Crippen LogP contribution is 2.30. The first-order valence-electron chi connectivity index (χ1n) is 5.49. The Morgan fingerprint density at radius 2 is 2.28 bits per heavy atom. The van der Waals surface area contributed by atoms with E-state index in [1.165, 1.54) is 0 Å². The molecule has 0 fully saturated rings. The molecule has 2 aromatic heterocycles. The van der Waals surface area contributed by atoms with Gasteiger partial charge in [0.15, 0.2) is 0 Å². The van der Waals surface area contributed by atoms with Crippen molar-refractivity contribution in [3.05, 3.63) is 21.8 Å². The van der Waals surface area contributed by atoms with E-state index < -0.39 is 0 Å². The van der Waals surface area contributed by atoms with E-state index in [0.29, 0.717) is 24.9 Å². The van der Waals surface area contributed by atoms with Gasteiger partial charge in [0.1, 0.15) is 0 Å². The molecule has 0 aliphatic rings. The van der Waals surface area contributed by atoms with E-state index >= 15 is 0 Å². The van der Waals surface area contributed by atoms with Gasteiger partial charge >= 0.3 is 0 Å². The highest BCUT2D eigenvalue weighted by molar-refractivity contribution is 9.11. The molecular weight excluding hydrogens is 318 g/mol. The van der Waals surface area contributed by atoms with Crippen molar-refractivity contribution in [2.75, 3.05) is 13.6 Å². The SMILES string of the molecule is CC(O)CN(C)Cc1nnc(-c2ccc(Br)s2)o1. The molecule has 0 saturated heterocycles. The molecular formula is C11H14BrN3O2S. The molecule has 0 spiro atoms. The zero-order valence-corrected chi connectivity index (χ0v) is 12.5. The van der Waals surface area contributed by atoms with Gasteiger partial charge in [-0.25, -0.2) is 0 Å². The van der Waals surface area contributed by atoms with Gasteiger partial charge in [0.25, 0.3) is 5.89 Å². The Morgan fingerprint density at radius 3 is 2.89 bits per heavy atom. The molecule has 7 heteroatoms. The van der Waals surface area contributed by atoms with Gasteiger partial charge in [-0.3, -0.25) is 4.90 Å². The Hall–Kier alpha value is -0.760. The Morgan fingerprint density at radius 1 is 1.50 bits per heavy atom. The quantitative estimate of drug-likeness (QED) is 0.911. The van der Waals surface area contributed by atoms with Crippen molar-refractivity contribution < 1.29 is 9.52 Å². The molecule has 1 atom stereocenters. The van der Waals surface area contributed by atoms with Crippen LogP contribution in [-0.2, 0) is 6.54 Å². The topological polar surface area (TPSA) is 62.4 Å². The standard InChI is InChI=1S/C11H14BrN3O2S/c1-7(16)5-15(2)6-10-13-14-11(17-10)8-3-4-9(12)18-8/h3-4,7,16H,5-6H2,1-2H3. The molecule has 2 aromatic rings. The van der Waals surface area contributed by atoms with Crippen LogP contribution in [0.4, 0.5) is 0 Å². The molecule has 2 rings (SSSR count). The zero-order chi connectivity index (χ0) is 13.1. The second-order valence-corrected chi connectivity index (χ2v) is 6.61. The number of thiophene rings is 1. The maximum Gasteiger partial charge on any atom is 0.257 e. The predicted molar refractivity (Wildman–Crippen MR) is 73.3 cm³/mol. The number of hydrogen-bond donors (Lipinski definition) is 1. The highest BCUT2D eigenvalue weighted by atomic mass is 79.9. The number of halogens is 1. The predicted octanol–water partition coefficient (Wildman–Crippen LogP) is 2.37. The summed E-state index contributed by atoms with van der Waals surface area (Å²) in [6.07, 6.45) is -0.370. The van der Waals surface area contributed by atoms with Crippen molar-refractivity contribution in [2.24, 2.45) is 0 Å². The van der Waals surface area contributed by atoms with Crippen LogP contribution < -0.4 is 0 Å². The molecule has 1 unspecified atom stereocenters. The molecule has 0 amide bonds. The summed E-state index contributed by atoms with van der Waals surface area (Å²) in [5.41, 5.74) is 0. The van der Waals surface area contributed by atoms with Crippen molar-refractivity contribution in [3.8, 4) is 10.8 Å². The maximum absolute atomic E-state index is 9.27. The largest absolute Gasteiger partial charge is 0.419 e. The van der Waals surface area contributed by atoms with Gasteiger partial charge in [0.05, 0.1) is 21.3 Å². The van der Waals surface area contributed by atoms with Crippen LogP contribution in [0.1, 0.15) is 12.8 Å². The van der Waals surface area contributed by atoms with E-state index in [0.717, 1.165) is 8.66 Å². The number of aromatic nitrogens is 2. The lowest BCUT2D eigenvalue weighted by atomic mass is 10.4. The molecule has 0 bridgehead atoms. The normalized spacial score (nSPS) is 13.2. The van der Waals surface area contributed by atoms with Crippen LogP contribution in [-0.4, -0.2) is 39.9 Å². The maximum atomic E-state index is 9.27. The molecule has 0 saturated carbocycles. The number of likely N-dealkylation sites (N-methyl/N-ethyl adjacent to an activating group) is 1. The number of rotatable bonds is 5. The summed E-state index contributed by atoms with van der Waals surface area (Å²) in [7, 11) is 1.90. The summed E-state index contributed by atoms with van der Waals surface area (Å²) in [4.78, 5) is 2.88. The Kier molecular flexibility index (Phi) is 4.50. The lowest BCUT2D eigenvalue weighted by Gasteiger charge is -2.15. The number of aliphatic hydroxyl groups excluding tert-OH is 1. The second kappa shape index (κ2) is 5.92. The molecule has 0 aliphatic heterocycles. The average Bonchev–Trinajstić information content (AvgIpc) is 2.85. The summed E-state index contributed by atoms with van der Waals surface area (Å²) in [5.74, 6) is 1.09. The highest BCUT2D eigenvalue weighted by Gasteiger charge is 2.12. The lowest BCUT2D eigenvalue weighted by Crippen LogP contribution is -2.26. The zero-order valence-electron chi connectivity index (χ0n) is 10.1. The van der Waals surface area contributed by atoms with Gasteiger partial charge in [0, 0.05) is 6.54 Å². The fourth-order valence-corrected chi connectivity index (χ4v) is 2.90. The number of hydrogen-bond acceptors (Lipinski definition) is 6. The smallest absolute Gasteiger partial charge is 0.257 e. The van der Waals surface area contributed by atoms with Crippen LogP contribution in [0, 0.1) is 0 Å². The minimum Gasteiger partial charge on any atom is -0.419 e. The van der Waals surface area contributed by atoms with Crippen molar-refractivity contribution in [3.63, 3.8) is 0 Å². The molecule has 98 valence electrons. The van der Waals surface area contributed by atoms with Gasteiger partial charge in [-0.15, -0.1) is 21.5 Å². The summed E-state index contributed by atoms with van der Waals surface area (Å²) < 4.78 is 6.61. The van der Waals surface area contributed by atoms with Gasteiger partial charge in [-0.05, 0) is 42.0 Å².